The van der Waals surface area contributed by atoms with Crippen LogP contribution in [-0.2, 0) is 0 Å². The van der Waals surface area contributed by atoms with Crippen molar-refractivity contribution in [2.45, 2.75) is 32.1 Å². The fourth-order valence-electron chi connectivity index (χ4n) is 1.95. The molecule has 0 saturated heterocycles. The van der Waals surface area contributed by atoms with Crippen molar-refractivity contribution in [2.24, 2.45) is 5.73 Å². The third kappa shape index (κ3) is 4.96. The van der Waals surface area contributed by atoms with Crippen LogP contribution in [0.4, 0.5) is 0 Å². The molecule has 1 aromatic heterocycles. The standard InChI is InChI=1S/C14H25N3S/c1-4-17(5-2)10-11-18-14(12(3)15)13-6-8-16-9-7-13/h6-9,12,14H,4-5,10-11,15H2,1-3H3. The molecular formula is C14H25N3S. The highest BCUT2D eigenvalue weighted by Crippen LogP contribution is 2.30. The highest BCUT2D eigenvalue weighted by molar-refractivity contribution is 7.99. The van der Waals surface area contributed by atoms with Crippen LogP contribution >= 0.6 is 11.8 Å². The largest absolute Gasteiger partial charge is 0.327 e. The van der Waals surface area contributed by atoms with Gasteiger partial charge in [0.05, 0.1) is 0 Å². The lowest BCUT2D eigenvalue weighted by atomic mass is 10.1. The van der Waals surface area contributed by atoms with Gasteiger partial charge in [0.25, 0.3) is 0 Å². The predicted molar refractivity (Wildman–Crippen MR) is 80.9 cm³/mol. The van der Waals surface area contributed by atoms with Gasteiger partial charge in [-0.15, -0.1) is 0 Å². The van der Waals surface area contributed by atoms with Gasteiger partial charge in [-0.25, -0.2) is 0 Å². The Kier molecular flexibility index (Phi) is 7.32. The van der Waals surface area contributed by atoms with Crippen molar-refractivity contribution in [1.29, 1.82) is 0 Å². The molecule has 0 amide bonds. The van der Waals surface area contributed by atoms with Crippen molar-refractivity contribution in [3.63, 3.8) is 0 Å². The number of nitrogens with two attached hydrogens (primary N) is 1. The molecular weight excluding hydrogens is 242 g/mol. The minimum Gasteiger partial charge on any atom is -0.327 e. The van der Waals surface area contributed by atoms with E-state index in [4.69, 9.17) is 5.73 Å². The molecule has 0 radical (unpaired) electrons. The van der Waals surface area contributed by atoms with E-state index in [1.807, 2.05) is 24.2 Å². The van der Waals surface area contributed by atoms with Gasteiger partial charge in [0, 0.05) is 36.0 Å². The summed E-state index contributed by atoms with van der Waals surface area (Å²) in [5.74, 6) is 1.12. The molecule has 4 heteroatoms. The highest BCUT2D eigenvalue weighted by atomic mass is 32.2. The van der Waals surface area contributed by atoms with Crippen LogP contribution in [0.25, 0.3) is 0 Å². The molecule has 0 aromatic carbocycles. The monoisotopic (exact) mass is 267 g/mol. The van der Waals surface area contributed by atoms with Crippen LogP contribution in [-0.4, -0.2) is 41.3 Å². The van der Waals surface area contributed by atoms with E-state index in [0.29, 0.717) is 5.25 Å². The summed E-state index contributed by atoms with van der Waals surface area (Å²) < 4.78 is 0. The van der Waals surface area contributed by atoms with Crippen LogP contribution < -0.4 is 5.73 Å². The smallest absolute Gasteiger partial charge is 0.0447 e. The fourth-order valence-corrected chi connectivity index (χ4v) is 3.22. The van der Waals surface area contributed by atoms with E-state index in [1.165, 1.54) is 5.56 Å². The quantitative estimate of drug-likeness (QED) is 0.786. The summed E-state index contributed by atoms with van der Waals surface area (Å²) in [6.45, 7) is 9.87. The molecule has 2 unspecified atom stereocenters. The summed E-state index contributed by atoms with van der Waals surface area (Å²) in [5, 5.41) is 0.364. The third-order valence-corrected chi connectivity index (χ3v) is 4.59. The van der Waals surface area contributed by atoms with E-state index in [0.717, 1.165) is 25.4 Å². The Morgan fingerprint density at radius 3 is 2.39 bits per heavy atom. The predicted octanol–water partition coefficient (Wildman–Crippen LogP) is 2.54. The first-order chi connectivity index (χ1) is 8.69. The molecule has 0 saturated carbocycles. The zero-order chi connectivity index (χ0) is 13.4. The van der Waals surface area contributed by atoms with Gasteiger partial charge in [-0.05, 0) is 37.7 Å². The van der Waals surface area contributed by atoms with Gasteiger partial charge in [0.2, 0.25) is 0 Å². The summed E-state index contributed by atoms with van der Waals surface area (Å²) in [6, 6.07) is 4.30. The zero-order valence-electron chi connectivity index (χ0n) is 11.7. The van der Waals surface area contributed by atoms with E-state index in [1.54, 1.807) is 0 Å². The lowest BCUT2D eigenvalue weighted by Gasteiger charge is -2.23. The number of rotatable bonds is 8. The van der Waals surface area contributed by atoms with Crippen LogP contribution in [0.15, 0.2) is 24.5 Å². The van der Waals surface area contributed by atoms with Crippen LogP contribution in [0.5, 0.6) is 0 Å². The summed E-state index contributed by atoms with van der Waals surface area (Å²) in [5.41, 5.74) is 7.38. The SMILES string of the molecule is CCN(CC)CCSC(c1ccncc1)C(C)N. The molecule has 2 N–H and O–H groups in total. The van der Waals surface area contributed by atoms with Gasteiger partial charge in [0.15, 0.2) is 0 Å². The molecule has 0 fully saturated rings. The van der Waals surface area contributed by atoms with Crippen LogP contribution in [0.2, 0.25) is 0 Å². The topological polar surface area (TPSA) is 42.2 Å². The lowest BCUT2D eigenvalue weighted by molar-refractivity contribution is 0.323. The Labute approximate surface area is 115 Å². The lowest BCUT2D eigenvalue weighted by Crippen LogP contribution is -2.27. The number of hydrogen-bond donors (Lipinski definition) is 1. The van der Waals surface area contributed by atoms with Gasteiger partial charge < -0.3 is 10.6 Å². The summed E-state index contributed by atoms with van der Waals surface area (Å²) in [4.78, 5) is 6.51. The Hall–Kier alpha value is -0.580. The van der Waals surface area contributed by atoms with Crippen molar-refractivity contribution in [2.75, 3.05) is 25.4 Å². The molecule has 1 aromatic rings. The normalized spacial score (nSPS) is 14.7. The molecule has 0 aliphatic heterocycles. The first-order valence-corrected chi connectivity index (χ1v) is 7.73. The second kappa shape index (κ2) is 8.51. The molecule has 2 atom stereocenters. The zero-order valence-corrected chi connectivity index (χ0v) is 12.5. The van der Waals surface area contributed by atoms with E-state index < -0.39 is 0 Å². The van der Waals surface area contributed by atoms with Crippen molar-refractivity contribution in [1.82, 2.24) is 9.88 Å². The molecule has 0 aliphatic carbocycles. The maximum atomic E-state index is 6.10. The molecule has 0 aliphatic rings. The van der Waals surface area contributed by atoms with E-state index in [-0.39, 0.29) is 6.04 Å². The van der Waals surface area contributed by atoms with E-state index in [9.17, 15) is 0 Å². The number of hydrogen-bond acceptors (Lipinski definition) is 4. The molecule has 102 valence electrons. The summed E-state index contributed by atoms with van der Waals surface area (Å²) in [7, 11) is 0. The van der Waals surface area contributed by atoms with E-state index >= 15 is 0 Å². The van der Waals surface area contributed by atoms with Gasteiger partial charge >= 0.3 is 0 Å². The van der Waals surface area contributed by atoms with Crippen molar-refractivity contribution in [3.05, 3.63) is 30.1 Å². The summed E-state index contributed by atoms with van der Waals surface area (Å²) >= 11 is 1.95. The van der Waals surface area contributed by atoms with Crippen LogP contribution in [0, 0.1) is 0 Å². The van der Waals surface area contributed by atoms with E-state index in [2.05, 4.69) is 42.8 Å². The minimum atomic E-state index is 0.161. The van der Waals surface area contributed by atoms with Gasteiger partial charge in [-0.2, -0.15) is 11.8 Å². The first kappa shape index (κ1) is 15.5. The number of thioether (sulfide) groups is 1. The van der Waals surface area contributed by atoms with Crippen LogP contribution in [0.3, 0.4) is 0 Å². The molecule has 1 heterocycles. The average Bonchev–Trinajstić information content (AvgIpc) is 2.39. The minimum absolute atomic E-state index is 0.161. The third-order valence-electron chi connectivity index (χ3n) is 3.11. The highest BCUT2D eigenvalue weighted by Gasteiger charge is 2.16. The van der Waals surface area contributed by atoms with Gasteiger partial charge in [-0.3, -0.25) is 4.98 Å². The Bertz CT molecular complexity index is 312. The molecule has 18 heavy (non-hydrogen) atoms. The number of pyridine rings is 1. The number of aromatic nitrogens is 1. The maximum absolute atomic E-state index is 6.10. The molecule has 3 nitrogen and oxygen atoms in total. The summed E-state index contributed by atoms with van der Waals surface area (Å²) in [6.07, 6.45) is 3.69. The average molecular weight is 267 g/mol. The van der Waals surface area contributed by atoms with Gasteiger partial charge in [-0.1, -0.05) is 13.8 Å². The second-order valence-electron chi connectivity index (χ2n) is 4.46. The fraction of sp³-hybridized carbons (Fsp3) is 0.643. The van der Waals surface area contributed by atoms with Crippen molar-refractivity contribution < 1.29 is 0 Å². The maximum Gasteiger partial charge on any atom is 0.0447 e. The molecule has 0 bridgehead atoms. The molecule has 1 rings (SSSR count). The first-order valence-electron chi connectivity index (χ1n) is 6.68. The van der Waals surface area contributed by atoms with Crippen LogP contribution in [0.1, 0.15) is 31.6 Å². The Morgan fingerprint density at radius 1 is 1.28 bits per heavy atom. The Morgan fingerprint density at radius 2 is 1.89 bits per heavy atom. The van der Waals surface area contributed by atoms with Crippen molar-refractivity contribution in [3.8, 4) is 0 Å². The number of nitrogens with zero attached hydrogens (tertiary/aromatic N) is 2. The van der Waals surface area contributed by atoms with Crippen molar-refractivity contribution >= 4 is 11.8 Å². The molecule has 0 spiro atoms. The van der Waals surface area contributed by atoms with Gasteiger partial charge in [0.1, 0.15) is 0 Å². The Balaban J connectivity index is 2.50. The second-order valence-corrected chi connectivity index (χ2v) is 5.71.